The van der Waals surface area contributed by atoms with Crippen LogP contribution in [0.25, 0.3) is 0 Å². The summed E-state index contributed by atoms with van der Waals surface area (Å²) >= 11 is 11.0. The number of benzene rings is 1. The average Bonchev–Trinajstić information content (AvgIpc) is 1.93. The van der Waals surface area contributed by atoms with E-state index in [1.54, 1.807) is 0 Å². The monoisotopic (exact) mass is 238 g/mol. The number of hydrogen-bond donors (Lipinski definition) is 0. The molecule has 0 aliphatic heterocycles. The van der Waals surface area contributed by atoms with E-state index in [4.69, 9.17) is 24.8 Å². The van der Waals surface area contributed by atoms with E-state index >= 15 is 0 Å². The summed E-state index contributed by atoms with van der Waals surface area (Å²) in [7, 11) is 0. The van der Waals surface area contributed by atoms with E-state index in [9.17, 15) is 0 Å². The van der Waals surface area contributed by atoms with Crippen LogP contribution in [0, 0.1) is 6.92 Å². The van der Waals surface area contributed by atoms with E-state index in [-0.39, 0.29) is 51.4 Å². The molecular weight excluding hydrogens is 231 g/mol. The molecule has 0 fully saturated rings. The third-order valence-corrected chi connectivity index (χ3v) is 2.40. The molecule has 0 nitrogen and oxygen atoms in total. The first-order valence-electron chi connectivity index (χ1n) is 3.14. The average molecular weight is 238 g/mol. The number of hydrogen-bond acceptors (Lipinski definition) is 3. The van der Waals surface area contributed by atoms with Crippen molar-refractivity contribution in [2.75, 3.05) is 0 Å². The van der Waals surface area contributed by atoms with E-state index in [1.807, 2.05) is 12.1 Å². The van der Waals surface area contributed by atoms with Crippen molar-refractivity contribution in [3.63, 3.8) is 0 Å². The Kier molecular flexibility index (Phi) is 7.77. The molecule has 0 spiro atoms. The van der Waals surface area contributed by atoms with Gasteiger partial charge < -0.3 is 24.8 Å². The second-order valence-corrected chi connectivity index (χ2v) is 4.84. The maximum absolute atomic E-state index is 4.79. The van der Waals surface area contributed by atoms with Crippen molar-refractivity contribution >= 4 is 40.1 Å². The predicted octanol–water partition coefficient (Wildman–Crippen LogP) is -0.0771. The maximum atomic E-state index is 4.79. The van der Waals surface area contributed by atoms with E-state index in [0.29, 0.717) is 3.53 Å². The molecule has 58 valence electrons. The zero-order valence-corrected chi connectivity index (χ0v) is 12.6. The van der Waals surface area contributed by atoms with Crippen LogP contribution >= 0.6 is 24.0 Å². The van der Waals surface area contributed by atoms with Crippen molar-refractivity contribution < 1.29 is 51.4 Å². The van der Waals surface area contributed by atoms with Gasteiger partial charge in [0.15, 0.2) is 0 Å². The Bertz CT molecular complexity index is 256. The molecule has 12 heavy (non-hydrogen) atoms. The van der Waals surface area contributed by atoms with Crippen LogP contribution in [-0.2, 0) is 12.6 Å². The molecule has 1 aromatic carbocycles. The summed E-state index contributed by atoms with van der Waals surface area (Å²) in [4.78, 5) is 1.12. The molecule has 0 unspecified atom stereocenters. The summed E-state index contributed by atoms with van der Waals surface area (Å²) in [5, 5.41) is 0. The van der Waals surface area contributed by atoms with Gasteiger partial charge in [-0.25, -0.2) is 0 Å². The van der Waals surface area contributed by atoms with Gasteiger partial charge in [-0.2, -0.15) is 0 Å². The second-order valence-electron chi connectivity index (χ2n) is 2.17. The predicted molar refractivity (Wildman–Crippen MR) is 57.0 cm³/mol. The van der Waals surface area contributed by atoms with Crippen molar-refractivity contribution in [2.24, 2.45) is 0 Å². The van der Waals surface area contributed by atoms with E-state index in [2.05, 4.69) is 19.1 Å². The summed E-state index contributed by atoms with van der Waals surface area (Å²) in [5.74, 6) is 0. The summed E-state index contributed by atoms with van der Waals surface area (Å²) in [6.45, 7) is 2.06. The molecule has 0 radical (unpaired) electrons. The van der Waals surface area contributed by atoms with E-state index < -0.39 is 0 Å². The second kappa shape index (κ2) is 6.89. The first-order chi connectivity index (χ1) is 5.18. The Morgan fingerprint density at radius 1 is 1.33 bits per heavy atom. The van der Waals surface area contributed by atoms with Gasteiger partial charge >= 0.3 is 51.4 Å². The number of aryl methyl sites for hydroxylation is 1. The summed E-state index contributed by atoms with van der Waals surface area (Å²) in [6.07, 6.45) is 0. The van der Waals surface area contributed by atoms with Crippen LogP contribution in [0.2, 0.25) is 0 Å². The van der Waals surface area contributed by atoms with Crippen molar-refractivity contribution in [3.8, 4) is 0 Å². The maximum Gasteiger partial charge on any atom is 1.00 e. The summed E-state index contributed by atoms with van der Waals surface area (Å²) < 4.78 is 0.550. The molecule has 0 aliphatic rings. The van der Waals surface area contributed by atoms with Crippen LogP contribution in [-0.4, -0.2) is 3.53 Å². The minimum absolute atomic E-state index is 0. The molecule has 0 heterocycles. The Morgan fingerprint density at radius 2 is 1.83 bits per heavy atom. The van der Waals surface area contributed by atoms with Crippen molar-refractivity contribution in [1.82, 2.24) is 0 Å². The number of thioether (sulfide) groups is 1. The fourth-order valence-corrected chi connectivity index (χ4v) is 1.74. The molecule has 0 aliphatic carbocycles. The fourth-order valence-electron chi connectivity index (χ4n) is 0.703. The summed E-state index contributed by atoms with van der Waals surface area (Å²) in [6, 6.07) is 8.16. The zero-order chi connectivity index (χ0) is 8.27. The van der Waals surface area contributed by atoms with Gasteiger partial charge in [0, 0.05) is 4.90 Å². The minimum atomic E-state index is 0. The Balaban J connectivity index is 0.00000121. The van der Waals surface area contributed by atoms with Gasteiger partial charge in [0.25, 0.3) is 0 Å². The summed E-state index contributed by atoms with van der Waals surface area (Å²) in [5.41, 5.74) is 1.25. The molecule has 1 aromatic rings. The zero-order valence-electron chi connectivity index (χ0n) is 7.03. The Morgan fingerprint density at radius 3 is 2.25 bits per heavy atom. The largest absolute Gasteiger partial charge is 1.00 e. The quantitative estimate of drug-likeness (QED) is 0.291. The van der Waals surface area contributed by atoms with Crippen LogP contribution in [0.3, 0.4) is 0 Å². The van der Waals surface area contributed by atoms with Crippen molar-refractivity contribution in [1.29, 1.82) is 0 Å². The SMILES string of the molecule is Cc1ccc(SC(=S)[S-])cc1.[K+]. The Labute approximate surface area is 131 Å². The third-order valence-electron chi connectivity index (χ3n) is 1.22. The third kappa shape index (κ3) is 5.29. The molecule has 0 amide bonds. The molecule has 4 heteroatoms. The standard InChI is InChI=1S/C8H8S3.K/c1-6-2-4-7(5-3-6)11-8(9)10;/h2-5H,1H3,(H,9,10);/q;+1/p-1. The normalized spacial score (nSPS) is 8.75. The van der Waals surface area contributed by atoms with Crippen LogP contribution in [0.1, 0.15) is 5.56 Å². The van der Waals surface area contributed by atoms with Gasteiger partial charge in [0.2, 0.25) is 0 Å². The van der Waals surface area contributed by atoms with Crippen LogP contribution < -0.4 is 51.4 Å². The van der Waals surface area contributed by atoms with Gasteiger partial charge in [0.05, 0.1) is 0 Å². The molecule has 0 saturated heterocycles. The van der Waals surface area contributed by atoms with Crippen LogP contribution in [0.15, 0.2) is 29.2 Å². The van der Waals surface area contributed by atoms with Gasteiger partial charge in [0.1, 0.15) is 0 Å². The smallest absolute Gasteiger partial charge is 0.422 e. The van der Waals surface area contributed by atoms with Gasteiger partial charge in [-0.1, -0.05) is 21.2 Å². The van der Waals surface area contributed by atoms with Crippen LogP contribution in [0.5, 0.6) is 0 Å². The van der Waals surface area contributed by atoms with Crippen LogP contribution in [0.4, 0.5) is 0 Å². The number of rotatable bonds is 1. The fraction of sp³-hybridized carbons (Fsp3) is 0.125. The van der Waals surface area contributed by atoms with Crippen molar-refractivity contribution in [2.45, 2.75) is 11.8 Å². The molecule has 0 atom stereocenters. The Hall–Kier alpha value is 1.52. The van der Waals surface area contributed by atoms with E-state index in [0.717, 1.165) is 4.90 Å². The van der Waals surface area contributed by atoms with Crippen molar-refractivity contribution in [3.05, 3.63) is 29.8 Å². The molecule has 0 N–H and O–H groups in total. The first-order valence-corrected chi connectivity index (χ1v) is 4.77. The molecule has 1 rings (SSSR count). The molecule has 0 saturated carbocycles. The molecular formula is C8H7KS3. The van der Waals surface area contributed by atoms with Gasteiger partial charge in [-0.15, -0.1) is 11.8 Å². The number of thiocarbonyl (C=S) groups is 1. The van der Waals surface area contributed by atoms with Gasteiger partial charge in [-0.3, -0.25) is 0 Å². The minimum Gasteiger partial charge on any atom is -0.422 e. The first kappa shape index (κ1) is 13.5. The van der Waals surface area contributed by atoms with Gasteiger partial charge in [-0.05, 0) is 19.1 Å². The molecule has 0 aromatic heterocycles. The van der Waals surface area contributed by atoms with E-state index in [1.165, 1.54) is 17.3 Å². The topological polar surface area (TPSA) is 0 Å². The molecule has 0 bridgehead atoms.